The van der Waals surface area contributed by atoms with Crippen molar-refractivity contribution in [3.63, 3.8) is 0 Å². The number of ether oxygens (including phenoxy) is 2. The maximum absolute atomic E-state index is 15.2. The molecule has 6 nitrogen and oxygen atoms in total. The van der Waals surface area contributed by atoms with Crippen molar-refractivity contribution < 1.29 is 18.1 Å². The molecule has 0 fully saturated rings. The number of fused-ring (bicyclic) bond motifs is 1. The molecule has 0 spiro atoms. The average molecular weight is 444 g/mol. The molecule has 0 radical (unpaired) electrons. The molecule has 164 valence electrons. The number of rotatable bonds is 10. The molecule has 29 heavy (non-hydrogen) atoms. The van der Waals surface area contributed by atoms with Crippen LogP contribution in [-0.2, 0) is 27.2 Å². The van der Waals surface area contributed by atoms with Gasteiger partial charge in [0.1, 0.15) is 12.2 Å². The van der Waals surface area contributed by atoms with Crippen LogP contribution in [0, 0.1) is 5.82 Å². The van der Waals surface area contributed by atoms with E-state index in [1.165, 1.54) is 7.11 Å². The molecule has 0 aliphatic rings. The first-order valence-electron chi connectivity index (χ1n) is 9.82. The van der Waals surface area contributed by atoms with Gasteiger partial charge in [-0.1, -0.05) is 25.7 Å². The summed E-state index contributed by atoms with van der Waals surface area (Å²) in [5.41, 5.74) is 1.34. The molecule has 1 heterocycles. The van der Waals surface area contributed by atoms with Crippen molar-refractivity contribution in [3.8, 4) is 0 Å². The van der Waals surface area contributed by atoms with E-state index < -0.39 is 35.7 Å². The van der Waals surface area contributed by atoms with E-state index in [-0.39, 0.29) is 12.1 Å². The summed E-state index contributed by atoms with van der Waals surface area (Å²) >= 11 is 0. The Morgan fingerprint density at radius 1 is 1.31 bits per heavy atom. The lowest BCUT2D eigenvalue weighted by Gasteiger charge is -2.24. The number of nitrogens with one attached hydrogen (secondary N) is 1. The van der Waals surface area contributed by atoms with Crippen LogP contribution in [0.4, 0.5) is 4.39 Å². The van der Waals surface area contributed by atoms with Gasteiger partial charge in [0.2, 0.25) is 0 Å². The molecule has 0 saturated carbocycles. The van der Waals surface area contributed by atoms with Crippen molar-refractivity contribution >= 4 is 30.1 Å². The smallest absolute Gasteiger partial charge is 0.155 e. The number of imidazole rings is 1. The predicted octanol–water partition coefficient (Wildman–Crippen LogP) is 4.23. The number of methoxy groups -OCH3 is 1. The Hall–Kier alpha value is -1.13. The monoisotopic (exact) mass is 443 g/mol. The lowest BCUT2D eigenvalue weighted by Crippen LogP contribution is -2.37. The highest BCUT2D eigenvalue weighted by Gasteiger charge is 2.26. The van der Waals surface area contributed by atoms with Crippen LogP contribution in [0.2, 0.25) is 25.7 Å². The fourth-order valence-corrected chi connectivity index (χ4v) is 4.25. The Balaban J connectivity index is 2.21. The minimum atomic E-state index is -1.36. The highest BCUT2D eigenvalue weighted by Crippen LogP contribution is 2.26. The largest absolute Gasteiger partial charge is 0.383 e. The van der Waals surface area contributed by atoms with E-state index in [4.69, 9.17) is 9.47 Å². The zero-order valence-corrected chi connectivity index (χ0v) is 20.4. The zero-order chi connectivity index (χ0) is 21.8. The predicted molar refractivity (Wildman–Crippen MR) is 119 cm³/mol. The normalized spacial score (nSPS) is 15.0. The van der Waals surface area contributed by atoms with E-state index in [2.05, 4.69) is 29.3 Å². The van der Waals surface area contributed by atoms with E-state index in [0.717, 1.165) is 6.04 Å². The van der Waals surface area contributed by atoms with Crippen LogP contribution in [0.15, 0.2) is 18.5 Å². The summed E-state index contributed by atoms with van der Waals surface area (Å²) in [7, 11) is -0.969. The molecule has 0 unspecified atom stereocenters. The third-order valence-corrected chi connectivity index (χ3v) is 7.82. The number of aromatic nitrogens is 2. The maximum Gasteiger partial charge on any atom is 0.155 e. The lowest BCUT2D eigenvalue weighted by molar-refractivity contribution is 0.0898. The van der Waals surface area contributed by atoms with E-state index in [9.17, 15) is 4.21 Å². The van der Waals surface area contributed by atoms with Crippen LogP contribution in [0.5, 0.6) is 0 Å². The van der Waals surface area contributed by atoms with Gasteiger partial charge in [-0.3, -0.25) is 0 Å². The highest BCUT2D eigenvalue weighted by molar-refractivity contribution is 7.84. The Labute approximate surface area is 176 Å². The molecule has 0 bridgehead atoms. The highest BCUT2D eigenvalue weighted by atomic mass is 32.2. The van der Waals surface area contributed by atoms with E-state index >= 15 is 4.39 Å². The summed E-state index contributed by atoms with van der Waals surface area (Å²) in [4.78, 5) is 4.25. The second-order valence-electron chi connectivity index (χ2n) is 9.41. The number of benzene rings is 1. The van der Waals surface area contributed by atoms with Gasteiger partial charge in [-0.25, -0.2) is 18.3 Å². The summed E-state index contributed by atoms with van der Waals surface area (Å²) in [6, 6.07) is 4.07. The number of hydrogen-bond acceptors (Lipinski definition) is 4. The summed E-state index contributed by atoms with van der Waals surface area (Å²) in [5.74, 6) is -0.427. The fraction of sp³-hybridized carbons (Fsp3) is 0.650. The molecule has 1 aromatic heterocycles. The molecule has 1 N–H and O–H groups in total. The van der Waals surface area contributed by atoms with Gasteiger partial charge < -0.3 is 14.0 Å². The summed E-state index contributed by atoms with van der Waals surface area (Å²) < 4.78 is 43.1. The van der Waals surface area contributed by atoms with Crippen LogP contribution in [0.25, 0.3) is 11.0 Å². The fourth-order valence-electron chi connectivity index (χ4n) is 2.69. The first-order valence-corrected chi connectivity index (χ1v) is 14.7. The first-order chi connectivity index (χ1) is 13.4. The molecule has 1 aromatic carbocycles. The minimum Gasteiger partial charge on any atom is -0.383 e. The molecule has 2 aromatic rings. The topological polar surface area (TPSA) is 65.4 Å². The van der Waals surface area contributed by atoms with Crippen molar-refractivity contribution in [2.45, 2.75) is 64.0 Å². The van der Waals surface area contributed by atoms with Crippen molar-refractivity contribution in [1.82, 2.24) is 14.3 Å². The Bertz CT molecular complexity index is 846. The zero-order valence-electron chi connectivity index (χ0n) is 18.5. The van der Waals surface area contributed by atoms with Gasteiger partial charge in [-0.15, -0.1) is 0 Å². The van der Waals surface area contributed by atoms with Crippen LogP contribution in [0.1, 0.15) is 32.4 Å². The average Bonchev–Trinajstić information content (AvgIpc) is 3.01. The molecule has 2 rings (SSSR count). The van der Waals surface area contributed by atoms with Gasteiger partial charge in [0, 0.05) is 27.4 Å². The standard InChI is InChI=1S/C20H34FN3O3SSi/c1-20(2,3)28(25)23-16(12-26-4)15-8-9-17-19(18(15)21)22-13-24(17)14-27-10-11-29(5,6)7/h8-9,13,16,23H,10-12,14H2,1-7H3/t16-,28-/m1/s1. The van der Waals surface area contributed by atoms with Crippen LogP contribution < -0.4 is 4.72 Å². The quantitative estimate of drug-likeness (QED) is 0.441. The molecule has 0 aliphatic carbocycles. The lowest BCUT2D eigenvalue weighted by atomic mass is 10.1. The second-order valence-corrected chi connectivity index (χ2v) is 17.0. The van der Waals surface area contributed by atoms with E-state index in [1.54, 1.807) is 17.0 Å². The van der Waals surface area contributed by atoms with Gasteiger partial charge >= 0.3 is 0 Å². The van der Waals surface area contributed by atoms with E-state index in [0.29, 0.717) is 24.4 Å². The van der Waals surface area contributed by atoms with Gasteiger partial charge in [0.05, 0.1) is 40.2 Å². The van der Waals surface area contributed by atoms with Gasteiger partial charge in [0.15, 0.2) is 5.82 Å². The van der Waals surface area contributed by atoms with Crippen molar-refractivity contribution in [3.05, 3.63) is 29.8 Å². The van der Waals surface area contributed by atoms with Crippen molar-refractivity contribution in [2.24, 2.45) is 0 Å². The molecule has 2 atom stereocenters. The van der Waals surface area contributed by atoms with E-state index in [1.807, 2.05) is 26.8 Å². The summed E-state index contributed by atoms with van der Waals surface area (Å²) in [5, 5.41) is 0. The molecular weight excluding hydrogens is 409 g/mol. The van der Waals surface area contributed by atoms with Crippen molar-refractivity contribution in [2.75, 3.05) is 20.3 Å². The summed E-state index contributed by atoms with van der Waals surface area (Å²) in [6.45, 7) is 13.7. The first kappa shape index (κ1) is 24.1. The van der Waals surface area contributed by atoms with Crippen molar-refractivity contribution in [1.29, 1.82) is 0 Å². The molecule has 0 amide bonds. The molecule has 0 aliphatic heterocycles. The van der Waals surface area contributed by atoms with Crippen LogP contribution in [0.3, 0.4) is 0 Å². The Kier molecular flexibility index (Phi) is 8.14. The summed E-state index contributed by atoms with van der Waals surface area (Å²) in [6.07, 6.45) is 1.60. The van der Waals surface area contributed by atoms with Gasteiger partial charge in [-0.2, -0.15) is 0 Å². The third-order valence-electron chi connectivity index (χ3n) is 4.50. The van der Waals surface area contributed by atoms with Gasteiger partial charge in [-0.05, 0) is 32.9 Å². The Morgan fingerprint density at radius 3 is 2.59 bits per heavy atom. The van der Waals surface area contributed by atoms with Gasteiger partial charge in [0.25, 0.3) is 0 Å². The van der Waals surface area contributed by atoms with Crippen LogP contribution >= 0.6 is 0 Å². The van der Waals surface area contributed by atoms with Crippen LogP contribution in [-0.4, -0.2) is 46.9 Å². The number of hydrogen-bond donors (Lipinski definition) is 1. The third kappa shape index (κ3) is 6.68. The number of halogens is 1. The molecule has 0 saturated heterocycles. The SMILES string of the molecule is COC[C@@H](N[S@](=O)C(C)(C)C)c1ccc2c(ncn2COCC[Si](C)(C)C)c1F. The number of nitrogens with zero attached hydrogens (tertiary/aromatic N) is 2. The maximum atomic E-state index is 15.2. The minimum absolute atomic E-state index is 0.199. The Morgan fingerprint density at radius 2 is 2.00 bits per heavy atom. The second kappa shape index (κ2) is 9.78. The molecular formula is C20H34FN3O3SSi. The molecule has 9 heteroatoms.